The van der Waals surface area contributed by atoms with Crippen LogP contribution < -0.4 is 5.32 Å². The first-order chi connectivity index (χ1) is 8.38. The Kier molecular flexibility index (Phi) is 5.02. The van der Waals surface area contributed by atoms with Crippen molar-refractivity contribution in [3.63, 3.8) is 0 Å². The third-order valence-electron chi connectivity index (χ3n) is 3.34. The smallest absolute Gasteiger partial charge is 0.0721 e. The average Bonchev–Trinajstić information content (AvgIpc) is 2.88. The van der Waals surface area contributed by atoms with Crippen LogP contribution in [0.25, 0.3) is 0 Å². The van der Waals surface area contributed by atoms with E-state index in [4.69, 9.17) is 4.74 Å². The van der Waals surface area contributed by atoms with Crippen LogP contribution in [0.4, 0.5) is 0 Å². The Hall–Kier alpha value is -0.860. The SMILES string of the molecule is CCCCc1ccc(CO[C@H]2CCNC2)cc1. The van der Waals surface area contributed by atoms with Crippen LogP contribution in [-0.4, -0.2) is 19.2 Å². The first kappa shape index (κ1) is 12.6. The van der Waals surface area contributed by atoms with Gasteiger partial charge in [-0.2, -0.15) is 0 Å². The van der Waals surface area contributed by atoms with Crippen molar-refractivity contribution < 1.29 is 4.74 Å². The summed E-state index contributed by atoms with van der Waals surface area (Å²) in [5, 5.41) is 3.32. The van der Waals surface area contributed by atoms with Gasteiger partial charge in [-0.05, 0) is 36.9 Å². The number of unbranched alkanes of at least 4 members (excludes halogenated alkanes) is 1. The number of aryl methyl sites for hydroxylation is 1. The molecular formula is C15H23NO. The summed E-state index contributed by atoms with van der Waals surface area (Å²) in [5.74, 6) is 0. The van der Waals surface area contributed by atoms with Crippen LogP contribution in [0, 0.1) is 0 Å². The zero-order valence-corrected chi connectivity index (χ0v) is 10.7. The summed E-state index contributed by atoms with van der Waals surface area (Å²) in [7, 11) is 0. The highest BCUT2D eigenvalue weighted by Gasteiger charge is 2.14. The Labute approximate surface area is 104 Å². The molecule has 1 aliphatic rings. The number of hydrogen-bond donors (Lipinski definition) is 1. The maximum Gasteiger partial charge on any atom is 0.0721 e. The largest absolute Gasteiger partial charge is 0.372 e. The van der Waals surface area contributed by atoms with E-state index in [2.05, 4.69) is 36.5 Å². The van der Waals surface area contributed by atoms with Crippen LogP contribution in [0.3, 0.4) is 0 Å². The standard InChI is InChI=1S/C15H23NO/c1-2-3-4-13-5-7-14(8-6-13)12-17-15-9-10-16-11-15/h5-8,15-16H,2-4,9-12H2,1H3/t15-/m0/s1. The molecule has 1 aromatic rings. The van der Waals surface area contributed by atoms with Crippen molar-refractivity contribution in [2.24, 2.45) is 0 Å². The molecule has 94 valence electrons. The summed E-state index contributed by atoms with van der Waals surface area (Å²) in [6, 6.07) is 8.88. The molecule has 0 aliphatic carbocycles. The summed E-state index contributed by atoms with van der Waals surface area (Å²) in [4.78, 5) is 0. The maximum absolute atomic E-state index is 5.85. The minimum atomic E-state index is 0.412. The van der Waals surface area contributed by atoms with E-state index >= 15 is 0 Å². The van der Waals surface area contributed by atoms with E-state index in [0.29, 0.717) is 6.10 Å². The molecule has 0 spiro atoms. The maximum atomic E-state index is 5.85. The lowest BCUT2D eigenvalue weighted by Gasteiger charge is -2.10. The molecule has 2 rings (SSSR count). The van der Waals surface area contributed by atoms with E-state index in [1.807, 2.05) is 0 Å². The van der Waals surface area contributed by atoms with Gasteiger partial charge in [0, 0.05) is 6.54 Å². The fourth-order valence-corrected chi connectivity index (χ4v) is 2.17. The molecule has 0 saturated carbocycles. The second kappa shape index (κ2) is 6.77. The number of nitrogens with one attached hydrogen (secondary N) is 1. The first-order valence-electron chi connectivity index (χ1n) is 6.78. The first-order valence-corrected chi connectivity index (χ1v) is 6.78. The van der Waals surface area contributed by atoms with Gasteiger partial charge in [-0.25, -0.2) is 0 Å². The normalized spacial score (nSPS) is 19.7. The molecular weight excluding hydrogens is 210 g/mol. The molecule has 1 aliphatic heterocycles. The Bertz CT molecular complexity index is 314. The highest BCUT2D eigenvalue weighted by atomic mass is 16.5. The Morgan fingerprint density at radius 3 is 2.65 bits per heavy atom. The molecule has 1 aromatic carbocycles. The van der Waals surface area contributed by atoms with Gasteiger partial charge in [0.2, 0.25) is 0 Å². The average molecular weight is 233 g/mol. The quantitative estimate of drug-likeness (QED) is 0.815. The number of rotatable bonds is 6. The Balaban J connectivity index is 1.76. The lowest BCUT2D eigenvalue weighted by molar-refractivity contribution is 0.0542. The van der Waals surface area contributed by atoms with E-state index in [0.717, 1.165) is 26.1 Å². The fourth-order valence-electron chi connectivity index (χ4n) is 2.17. The van der Waals surface area contributed by atoms with Crippen LogP contribution >= 0.6 is 0 Å². The van der Waals surface area contributed by atoms with E-state index in [9.17, 15) is 0 Å². The minimum Gasteiger partial charge on any atom is -0.372 e. The lowest BCUT2D eigenvalue weighted by atomic mass is 10.1. The summed E-state index contributed by atoms with van der Waals surface area (Å²) >= 11 is 0. The molecule has 1 atom stereocenters. The summed E-state index contributed by atoms with van der Waals surface area (Å²) < 4.78 is 5.85. The molecule has 0 radical (unpaired) electrons. The van der Waals surface area contributed by atoms with Crippen molar-refractivity contribution >= 4 is 0 Å². The van der Waals surface area contributed by atoms with Gasteiger partial charge >= 0.3 is 0 Å². The zero-order chi connectivity index (χ0) is 11.9. The van der Waals surface area contributed by atoms with Gasteiger partial charge in [-0.3, -0.25) is 0 Å². The van der Waals surface area contributed by atoms with Gasteiger partial charge in [0.15, 0.2) is 0 Å². The van der Waals surface area contributed by atoms with Crippen molar-refractivity contribution in [3.8, 4) is 0 Å². The van der Waals surface area contributed by atoms with Crippen molar-refractivity contribution in [1.29, 1.82) is 0 Å². The van der Waals surface area contributed by atoms with Crippen LogP contribution in [0.5, 0.6) is 0 Å². The second-order valence-corrected chi connectivity index (χ2v) is 4.85. The predicted octanol–water partition coefficient (Wildman–Crippen LogP) is 2.91. The van der Waals surface area contributed by atoms with Gasteiger partial charge in [-0.1, -0.05) is 37.6 Å². The van der Waals surface area contributed by atoms with Gasteiger partial charge in [0.05, 0.1) is 12.7 Å². The molecule has 0 unspecified atom stereocenters. The fraction of sp³-hybridized carbons (Fsp3) is 0.600. The van der Waals surface area contributed by atoms with Crippen molar-refractivity contribution in [3.05, 3.63) is 35.4 Å². The van der Waals surface area contributed by atoms with Crippen molar-refractivity contribution in [2.45, 2.75) is 45.3 Å². The minimum absolute atomic E-state index is 0.412. The molecule has 0 aromatic heterocycles. The highest BCUT2D eigenvalue weighted by Crippen LogP contribution is 2.11. The summed E-state index contributed by atoms with van der Waals surface area (Å²) in [6.07, 6.45) is 5.30. The van der Waals surface area contributed by atoms with E-state index in [-0.39, 0.29) is 0 Å². The second-order valence-electron chi connectivity index (χ2n) is 4.85. The molecule has 2 nitrogen and oxygen atoms in total. The number of benzene rings is 1. The molecule has 0 amide bonds. The molecule has 17 heavy (non-hydrogen) atoms. The summed E-state index contributed by atoms with van der Waals surface area (Å²) in [5.41, 5.74) is 2.73. The van der Waals surface area contributed by atoms with Crippen molar-refractivity contribution in [1.82, 2.24) is 5.32 Å². The molecule has 0 bridgehead atoms. The van der Waals surface area contributed by atoms with Crippen molar-refractivity contribution in [2.75, 3.05) is 13.1 Å². The molecule has 1 heterocycles. The van der Waals surface area contributed by atoms with E-state index in [1.54, 1.807) is 0 Å². The third-order valence-corrected chi connectivity index (χ3v) is 3.34. The van der Waals surface area contributed by atoms with E-state index < -0.39 is 0 Å². The molecule has 1 saturated heterocycles. The topological polar surface area (TPSA) is 21.3 Å². The monoisotopic (exact) mass is 233 g/mol. The predicted molar refractivity (Wildman–Crippen MR) is 71.1 cm³/mol. The van der Waals surface area contributed by atoms with E-state index in [1.165, 1.54) is 30.4 Å². The molecule has 2 heteroatoms. The van der Waals surface area contributed by atoms with Gasteiger partial charge < -0.3 is 10.1 Å². The van der Waals surface area contributed by atoms with Crippen LogP contribution in [0.15, 0.2) is 24.3 Å². The van der Waals surface area contributed by atoms with Gasteiger partial charge in [-0.15, -0.1) is 0 Å². The van der Waals surface area contributed by atoms with Crippen LogP contribution in [0.1, 0.15) is 37.3 Å². The molecule has 1 N–H and O–H groups in total. The number of hydrogen-bond acceptors (Lipinski definition) is 2. The molecule has 1 fully saturated rings. The highest BCUT2D eigenvalue weighted by molar-refractivity contribution is 5.22. The van der Waals surface area contributed by atoms with Gasteiger partial charge in [0.25, 0.3) is 0 Å². The zero-order valence-electron chi connectivity index (χ0n) is 10.7. The summed E-state index contributed by atoms with van der Waals surface area (Å²) in [6.45, 7) is 5.09. The van der Waals surface area contributed by atoms with Gasteiger partial charge in [0.1, 0.15) is 0 Å². The lowest BCUT2D eigenvalue weighted by Crippen LogP contribution is -2.16. The Morgan fingerprint density at radius 2 is 2.00 bits per heavy atom. The third kappa shape index (κ3) is 4.14. The number of ether oxygens (including phenoxy) is 1. The van der Waals surface area contributed by atoms with Crippen LogP contribution in [-0.2, 0) is 17.8 Å². The Morgan fingerprint density at radius 1 is 1.24 bits per heavy atom. The van der Waals surface area contributed by atoms with Crippen LogP contribution in [0.2, 0.25) is 0 Å².